The second-order valence-electron chi connectivity index (χ2n) is 5.06. The zero-order valence-electron chi connectivity index (χ0n) is 12.4. The summed E-state index contributed by atoms with van der Waals surface area (Å²) in [6.45, 7) is 1.87. The predicted molar refractivity (Wildman–Crippen MR) is 82.3 cm³/mol. The van der Waals surface area contributed by atoms with Gasteiger partial charge in [0.2, 0.25) is 0 Å². The average molecular weight is 343 g/mol. The van der Waals surface area contributed by atoms with E-state index in [2.05, 4.69) is 5.32 Å². The summed E-state index contributed by atoms with van der Waals surface area (Å²) in [6.07, 6.45) is 3.01. The number of furan rings is 1. The number of benzene rings is 1. The molecule has 0 fully saturated rings. The highest BCUT2D eigenvalue weighted by atomic mass is 32.2. The van der Waals surface area contributed by atoms with Crippen LogP contribution in [0.2, 0.25) is 0 Å². The summed E-state index contributed by atoms with van der Waals surface area (Å²) in [5, 5.41) is 2.82. The Labute approximate surface area is 136 Å². The number of carbonyl (C=O) groups is 1. The first-order chi connectivity index (χ1) is 10.8. The molecule has 1 N–H and O–H groups in total. The fourth-order valence-corrected chi connectivity index (χ4v) is 2.54. The first kappa shape index (κ1) is 17.5. The largest absolute Gasteiger partial charge is 0.469 e. The van der Waals surface area contributed by atoms with Crippen molar-refractivity contribution in [3.8, 4) is 0 Å². The first-order valence-corrected chi connectivity index (χ1v) is 7.84. The SMILES string of the molecule is CC(CCc1ccco1)NC(=O)c1ccc(SC(F)(F)F)cc1. The van der Waals surface area contributed by atoms with E-state index in [-0.39, 0.29) is 28.6 Å². The fourth-order valence-electron chi connectivity index (χ4n) is 2.00. The molecule has 0 aliphatic heterocycles. The predicted octanol–water partition coefficient (Wildman–Crippen LogP) is 4.64. The second kappa shape index (κ2) is 7.59. The zero-order valence-corrected chi connectivity index (χ0v) is 13.2. The summed E-state index contributed by atoms with van der Waals surface area (Å²) in [4.78, 5) is 12.1. The molecule has 7 heteroatoms. The lowest BCUT2D eigenvalue weighted by Gasteiger charge is -2.13. The van der Waals surface area contributed by atoms with Crippen LogP contribution in [0.1, 0.15) is 29.5 Å². The third-order valence-corrected chi connectivity index (χ3v) is 3.87. The molecule has 0 bridgehead atoms. The molecule has 0 radical (unpaired) electrons. The third kappa shape index (κ3) is 6.02. The van der Waals surface area contributed by atoms with Gasteiger partial charge in [0.1, 0.15) is 5.76 Å². The van der Waals surface area contributed by atoms with Gasteiger partial charge < -0.3 is 9.73 Å². The number of carbonyl (C=O) groups excluding carboxylic acids is 1. The van der Waals surface area contributed by atoms with Crippen LogP contribution in [-0.4, -0.2) is 17.5 Å². The lowest BCUT2D eigenvalue weighted by molar-refractivity contribution is -0.0328. The maximum absolute atomic E-state index is 12.2. The lowest BCUT2D eigenvalue weighted by Crippen LogP contribution is -2.32. The van der Waals surface area contributed by atoms with Crippen LogP contribution in [-0.2, 0) is 6.42 Å². The highest BCUT2D eigenvalue weighted by Crippen LogP contribution is 2.36. The summed E-state index contributed by atoms with van der Waals surface area (Å²) < 4.78 is 42.0. The second-order valence-corrected chi connectivity index (χ2v) is 6.20. The number of nitrogens with one attached hydrogen (secondary N) is 1. The van der Waals surface area contributed by atoms with E-state index in [0.29, 0.717) is 18.4 Å². The molecule has 0 aliphatic rings. The molecular weight excluding hydrogens is 327 g/mol. The van der Waals surface area contributed by atoms with E-state index in [1.807, 2.05) is 13.0 Å². The molecule has 0 spiro atoms. The molecule has 1 aromatic heterocycles. The van der Waals surface area contributed by atoms with Gasteiger partial charge in [-0.3, -0.25) is 4.79 Å². The Morgan fingerprint density at radius 3 is 2.52 bits per heavy atom. The molecule has 1 amide bonds. The van der Waals surface area contributed by atoms with Gasteiger partial charge in [-0.25, -0.2) is 0 Å². The average Bonchev–Trinajstić information content (AvgIpc) is 2.97. The summed E-state index contributed by atoms with van der Waals surface area (Å²) in [5.41, 5.74) is -3.99. The van der Waals surface area contributed by atoms with Crippen LogP contribution in [0.25, 0.3) is 0 Å². The number of amides is 1. The maximum Gasteiger partial charge on any atom is 0.446 e. The fraction of sp³-hybridized carbons (Fsp3) is 0.312. The van der Waals surface area contributed by atoms with E-state index in [9.17, 15) is 18.0 Å². The van der Waals surface area contributed by atoms with E-state index >= 15 is 0 Å². The van der Waals surface area contributed by atoms with Crippen LogP contribution in [0.15, 0.2) is 52.0 Å². The van der Waals surface area contributed by atoms with Gasteiger partial charge in [-0.15, -0.1) is 0 Å². The normalized spacial score (nSPS) is 12.9. The van der Waals surface area contributed by atoms with E-state index in [4.69, 9.17) is 4.42 Å². The van der Waals surface area contributed by atoms with Gasteiger partial charge in [-0.1, -0.05) is 0 Å². The molecular formula is C16H16F3NO2S. The minimum absolute atomic E-state index is 0.0555. The Morgan fingerprint density at radius 1 is 1.26 bits per heavy atom. The van der Waals surface area contributed by atoms with E-state index < -0.39 is 5.51 Å². The van der Waals surface area contributed by atoms with Crippen molar-refractivity contribution in [1.82, 2.24) is 5.32 Å². The lowest BCUT2D eigenvalue weighted by atomic mass is 10.1. The molecule has 0 saturated heterocycles. The topological polar surface area (TPSA) is 42.2 Å². The molecule has 2 aromatic rings. The third-order valence-electron chi connectivity index (χ3n) is 3.13. The van der Waals surface area contributed by atoms with E-state index in [1.165, 1.54) is 24.3 Å². The van der Waals surface area contributed by atoms with Crippen molar-refractivity contribution in [2.24, 2.45) is 0 Å². The Morgan fingerprint density at radius 2 is 1.96 bits per heavy atom. The van der Waals surface area contributed by atoms with Crippen molar-refractivity contribution in [3.05, 3.63) is 54.0 Å². The number of halogens is 3. The Bertz CT molecular complexity index is 624. The molecule has 1 heterocycles. The van der Waals surface area contributed by atoms with Gasteiger partial charge in [0.05, 0.1) is 6.26 Å². The Balaban J connectivity index is 1.85. The molecule has 1 unspecified atom stereocenters. The van der Waals surface area contributed by atoms with Crippen molar-refractivity contribution < 1.29 is 22.4 Å². The van der Waals surface area contributed by atoms with Crippen molar-refractivity contribution in [3.63, 3.8) is 0 Å². The van der Waals surface area contributed by atoms with E-state index in [0.717, 1.165) is 5.76 Å². The van der Waals surface area contributed by atoms with Gasteiger partial charge in [0.15, 0.2) is 0 Å². The van der Waals surface area contributed by atoms with Gasteiger partial charge in [0.25, 0.3) is 5.91 Å². The number of hydrogen-bond acceptors (Lipinski definition) is 3. The van der Waals surface area contributed by atoms with Gasteiger partial charge in [-0.05, 0) is 61.5 Å². The van der Waals surface area contributed by atoms with Crippen molar-refractivity contribution in [2.75, 3.05) is 0 Å². The molecule has 3 nitrogen and oxygen atoms in total. The van der Waals surface area contributed by atoms with Crippen LogP contribution in [0.4, 0.5) is 13.2 Å². The van der Waals surface area contributed by atoms with Crippen molar-refractivity contribution in [1.29, 1.82) is 0 Å². The minimum Gasteiger partial charge on any atom is -0.469 e. The Hall–Kier alpha value is -1.89. The maximum atomic E-state index is 12.2. The number of alkyl halides is 3. The smallest absolute Gasteiger partial charge is 0.446 e. The van der Waals surface area contributed by atoms with Crippen molar-refractivity contribution >= 4 is 17.7 Å². The molecule has 124 valence electrons. The molecule has 2 rings (SSSR count). The van der Waals surface area contributed by atoms with Crippen LogP contribution >= 0.6 is 11.8 Å². The van der Waals surface area contributed by atoms with Crippen LogP contribution < -0.4 is 5.32 Å². The zero-order chi connectivity index (χ0) is 16.9. The van der Waals surface area contributed by atoms with E-state index in [1.54, 1.807) is 12.3 Å². The van der Waals surface area contributed by atoms with Crippen LogP contribution in [0.3, 0.4) is 0 Å². The molecule has 23 heavy (non-hydrogen) atoms. The minimum atomic E-state index is -4.33. The quantitative estimate of drug-likeness (QED) is 0.777. The van der Waals surface area contributed by atoms with Crippen molar-refractivity contribution in [2.45, 2.75) is 36.2 Å². The summed E-state index contributed by atoms with van der Waals surface area (Å²) in [7, 11) is 0. The first-order valence-electron chi connectivity index (χ1n) is 7.02. The number of thioether (sulfide) groups is 1. The van der Waals surface area contributed by atoms with Gasteiger partial charge in [0, 0.05) is 22.9 Å². The summed E-state index contributed by atoms with van der Waals surface area (Å²) in [5.74, 6) is 0.542. The summed E-state index contributed by atoms with van der Waals surface area (Å²) in [6, 6.07) is 8.97. The molecule has 0 saturated carbocycles. The van der Waals surface area contributed by atoms with Gasteiger partial charge >= 0.3 is 5.51 Å². The van der Waals surface area contributed by atoms with Crippen LogP contribution in [0.5, 0.6) is 0 Å². The molecule has 1 aromatic carbocycles. The molecule has 0 aliphatic carbocycles. The number of aryl methyl sites for hydroxylation is 1. The summed E-state index contributed by atoms with van der Waals surface area (Å²) >= 11 is -0.200. The van der Waals surface area contributed by atoms with Crippen LogP contribution in [0, 0.1) is 0 Å². The molecule has 1 atom stereocenters. The highest BCUT2D eigenvalue weighted by molar-refractivity contribution is 8.00. The van der Waals surface area contributed by atoms with Gasteiger partial charge in [-0.2, -0.15) is 13.2 Å². The Kier molecular flexibility index (Phi) is 5.76. The highest BCUT2D eigenvalue weighted by Gasteiger charge is 2.29. The monoisotopic (exact) mass is 343 g/mol. The number of rotatable bonds is 6. The standard InChI is InChI=1S/C16H16F3NO2S/c1-11(4-7-13-3-2-10-22-13)20-15(21)12-5-8-14(9-6-12)23-16(17,18)19/h2-3,5-6,8-11H,4,7H2,1H3,(H,20,21). The number of hydrogen-bond donors (Lipinski definition) is 1.